The number of ether oxygens (including phenoxy) is 1. The predicted molar refractivity (Wildman–Crippen MR) is 78.8 cm³/mol. The number of benzene rings is 1. The maximum Gasteiger partial charge on any atom is 0.356 e. The molecular weight excluding hydrogens is 268 g/mol. The van der Waals surface area contributed by atoms with Crippen LogP contribution in [0.1, 0.15) is 41.9 Å². The third-order valence-electron chi connectivity index (χ3n) is 4.04. The Labute approximate surface area is 123 Å². The molecule has 0 bridgehead atoms. The van der Waals surface area contributed by atoms with Gasteiger partial charge < -0.3 is 14.4 Å². The van der Waals surface area contributed by atoms with Crippen molar-refractivity contribution in [2.45, 2.75) is 32.2 Å². The average Bonchev–Trinajstić information content (AvgIpc) is 2.88. The average molecular weight is 286 g/mol. The molecule has 110 valence electrons. The molecule has 0 radical (unpaired) electrons. The normalized spacial score (nSPS) is 17.3. The lowest BCUT2D eigenvalue weighted by molar-refractivity contribution is 0.0688. The Bertz CT molecular complexity index is 674. The minimum atomic E-state index is -0.952. The van der Waals surface area contributed by atoms with Crippen LogP contribution in [-0.2, 0) is 6.54 Å². The molecule has 1 atom stereocenters. The van der Waals surface area contributed by atoms with Gasteiger partial charge in [0.15, 0.2) is 5.69 Å². The molecule has 0 saturated carbocycles. The Kier molecular flexibility index (Phi) is 3.41. The Morgan fingerprint density at radius 2 is 2.10 bits per heavy atom. The van der Waals surface area contributed by atoms with Gasteiger partial charge in [0.2, 0.25) is 0 Å². The molecule has 5 nitrogen and oxygen atoms in total. The second kappa shape index (κ2) is 5.24. The van der Waals surface area contributed by atoms with E-state index in [0.29, 0.717) is 0 Å². The third-order valence-corrected chi connectivity index (χ3v) is 4.04. The molecule has 21 heavy (non-hydrogen) atoms. The van der Waals surface area contributed by atoms with E-state index >= 15 is 0 Å². The molecule has 1 aliphatic rings. The first-order valence-electron chi connectivity index (χ1n) is 7.10. The number of aromatic nitrogens is 2. The zero-order chi connectivity index (χ0) is 15.0. The van der Waals surface area contributed by atoms with Crippen LogP contribution < -0.4 is 4.74 Å². The molecule has 0 fully saturated rings. The van der Waals surface area contributed by atoms with E-state index in [4.69, 9.17) is 4.74 Å². The molecule has 2 aromatic rings. The summed E-state index contributed by atoms with van der Waals surface area (Å²) in [6.07, 6.45) is 2.06. The van der Waals surface area contributed by atoms with E-state index in [1.807, 2.05) is 24.3 Å². The molecule has 1 aromatic heterocycles. The first-order chi connectivity index (χ1) is 10.1. The lowest BCUT2D eigenvalue weighted by Crippen LogP contribution is -2.16. The Balaban J connectivity index is 2.14. The summed E-state index contributed by atoms with van der Waals surface area (Å²) in [5.74, 6) is 0.782. The van der Waals surface area contributed by atoms with Crippen molar-refractivity contribution in [3.8, 4) is 17.1 Å². The van der Waals surface area contributed by atoms with Gasteiger partial charge in [0, 0.05) is 12.1 Å². The van der Waals surface area contributed by atoms with Crippen LogP contribution in [0.15, 0.2) is 24.3 Å². The molecule has 1 aliphatic heterocycles. The number of aromatic carboxylic acids is 1. The molecule has 0 aliphatic carbocycles. The van der Waals surface area contributed by atoms with Gasteiger partial charge in [0.05, 0.1) is 12.8 Å². The van der Waals surface area contributed by atoms with E-state index in [1.165, 1.54) is 0 Å². The summed E-state index contributed by atoms with van der Waals surface area (Å²) < 4.78 is 7.21. The van der Waals surface area contributed by atoms with E-state index < -0.39 is 5.97 Å². The first kappa shape index (κ1) is 13.7. The fourth-order valence-corrected chi connectivity index (χ4v) is 3.00. The summed E-state index contributed by atoms with van der Waals surface area (Å²) >= 11 is 0. The van der Waals surface area contributed by atoms with Crippen molar-refractivity contribution in [3.63, 3.8) is 0 Å². The number of imidazole rings is 1. The fraction of sp³-hybridized carbons (Fsp3) is 0.375. The van der Waals surface area contributed by atoms with Crippen molar-refractivity contribution in [1.29, 1.82) is 0 Å². The van der Waals surface area contributed by atoms with Crippen LogP contribution in [0.3, 0.4) is 0 Å². The summed E-state index contributed by atoms with van der Waals surface area (Å²) in [4.78, 5) is 15.9. The third kappa shape index (κ3) is 2.28. The zero-order valence-electron chi connectivity index (χ0n) is 12.2. The van der Waals surface area contributed by atoms with Crippen LogP contribution in [0.2, 0.25) is 0 Å². The molecule has 1 aromatic carbocycles. The number of nitrogens with zero attached hydrogens (tertiary/aromatic N) is 2. The number of rotatable bonds is 3. The molecule has 0 saturated heterocycles. The van der Waals surface area contributed by atoms with Gasteiger partial charge in [-0.1, -0.05) is 6.92 Å². The number of carbonyl (C=O) groups is 1. The van der Waals surface area contributed by atoms with Gasteiger partial charge in [-0.2, -0.15) is 0 Å². The highest BCUT2D eigenvalue weighted by molar-refractivity contribution is 5.88. The van der Waals surface area contributed by atoms with Gasteiger partial charge in [-0.3, -0.25) is 0 Å². The van der Waals surface area contributed by atoms with Crippen molar-refractivity contribution in [2.24, 2.45) is 0 Å². The predicted octanol–water partition coefficient (Wildman–Crippen LogP) is 3.15. The second-order valence-corrected chi connectivity index (χ2v) is 5.40. The van der Waals surface area contributed by atoms with Crippen LogP contribution in [0.5, 0.6) is 5.75 Å². The molecule has 5 heteroatoms. The van der Waals surface area contributed by atoms with Gasteiger partial charge >= 0.3 is 5.97 Å². The summed E-state index contributed by atoms with van der Waals surface area (Å²) in [5.41, 5.74) is 1.95. The number of methoxy groups -OCH3 is 1. The Morgan fingerprint density at radius 1 is 1.38 bits per heavy atom. The van der Waals surface area contributed by atoms with Crippen LogP contribution in [0.4, 0.5) is 0 Å². The molecular formula is C16H18N2O3. The van der Waals surface area contributed by atoms with E-state index in [-0.39, 0.29) is 11.6 Å². The summed E-state index contributed by atoms with van der Waals surface area (Å²) in [6, 6.07) is 7.56. The van der Waals surface area contributed by atoms with Gasteiger partial charge in [-0.05, 0) is 43.0 Å². The van der Waals surface area contributed by atoms with Crippen molar-refractivity contribution in [1.82, 2.24) is 9.55 Å². The van der Waals surface area contributed by atoms with Gasteiger partial charge in [-0.25, -0.2) is 9.78 Å². The lowest BCUT2D eigenvalue weighted by Gasteiger charge is -2.22. The topological polar surface area (TPSA) is 64.3 Å². The van der Waals surface area contributed by atoms with Crippen molar-refractivity contribution in [2.75, 3.05) is 7.11 Å². The van der Waals surface area contributed by atoms with Gasteiger partial charge in [-0.15, -0.1) is 0 Å². The van der Waals surface area contributed by atoms with E-state index in [9.17, 15) is 9.90 Å². The van der Waals surface area contributed by atoms with Gasteiger partial charge in [0.25, 0.3) is 0 Å². The number of carboxylic acids is 1. The minimum Gasteiger partial charge on any atom is -0.497 e. The van der Waals surface area contributed by atoms with E-state index in [0.717, 1.165) is 42.2 Å². The molecule has 1 unspecified atom stereocenters. The van der Waals surface area contributed by atoms with E-state index in [1.54, 1.807) is 7.11 Å². The van der Waals surface area contributed by atoms with Crippen LogP contribution in [-0.4, -0.2) is 27.7 Å². The SMILES string of the molecule is COc1ccc(-c2nc(C(=O)O)c3n2CCCC3C)cc1. The molecule has 3 rings (SSSR count). The smallest absolute Gasteiger partial charge is 0.356 e. The summed E-state index contributed by atoms with van der Waals surface area (Å²) in [6.45, 7) is 2.89. The largest absolute Gasteiger partial charge is 0.497 e. The number of fused-ring (bicyclic) bond motifs is 1. The molecule has 0 amide bonds. The fourth-order valence-electron chi connectivity index (χ4n) is 3.00. The molecule has 2 heterocycles. The lowest BCUT2D eigenvalue weighted by atomic mass is 9.96. The quantitative estimate of drug-likeness (QED) is 0.941. The van der Waals surface area contributed by atoms with Crippen LogP contribution >= 0.6 is 0 Å². The Hall–Kier alpha value is -2.30. The highest BCUT2D eigenvalue weighted by Gasteiger charge is 2.28. The van der Waals surface area contributed by atoms with Crippen LogP contribution in [0, 0.1) is 0 Å². The minimum absolute atomic E-state index is 0.188. The molecule has 0 spiro atoms. The van der Waals surface area contributed by atoms with Crippen molar-refractivity contribution in [3.05, 3.63) is 35.7 Å². The second-order valence-electron chi connectivity index (χ2n) is 5.40. The Morgan fingerprint density at radius 3 is 2.71 bits per heavy atom. The van der Waals surface area contributed by atoms with E-state index in [2.05, 4.69) is 16.5 Å². The monoisotopic (exact) mass is 286 g/mol. The maximum absolute atomic E-state index is 11.5. The number of hydrogen-bond donors (Lipinski definition) is 1. The highest BCUT2D eigenvalue weighted by atomic mass is 16.5. The number of hydrogen-bond acceptors (Lipinski definition) is 3. The molecule has 1 N–H and O–H groups in total. The maximum atomic E-state index is 11.5. The standard InChI is InChI=1S/C16H18N2O3/c1-10-4-3-9-18-14(10)13(16(19)20)17-15(18)11-5-7-12(21-2)8-6-11/h5-8,10H,3-4,9H2,1-2H3,(H,19,20). The van der Waals surface area contributed by atoms with Gasteiger partial charge in [0.1, 0.15) is 11.6 Å². The first-order valence-corrected chi connectivity index (χ1v) is 7.10. The van der Waals surface area contributed by atoms with Crippen molar-refractivity contribution < 1.29 is 14.6 Å². The summed E-state index contributed by atoms with van der Waals surface area (Å²) in [7, 11) is 1.62. The summed E-state index contributed by atoms with van der Waals surface area (Å²) in [5, 5.41) is 9.41. The van der Waals surface area contributed by atoms with Crippen molar-refractivity contribution >= 4 is 5.97 Å². The zero-order valence-corrected chi connectivity index (χ0v) is 12.2. The number of carboxylic acid groups (broad SMARTS) is 1. The van der Waals surface area contributed by atoms with Crippen LogP contribution in [0.25, 0.3) is 11.4 Å². The highest BCUT2D eigenvalue weighted by Crippen LogP contribution is 2.34.